The number of nitrogens with zero attached hydrogens (tertiary/aromatic N) is 1. The van der Waals surface area contributed by atoms with Gasteiger partial charge >= 0.3 is 0 Å². The Kier molecular flexibility index (Phi) is 4.79. The molecule has 0 unspecified atom stereocenters. The normalized spacial score (nSPS) is 11.2. The van der Waals surface area contributed by atoms with Gasteiger partial charge in [-0.3, -0.25) is 4.98 Å². The molecule has 0 atom stereocenters. The van der Waals surface area contributed by atoms with Gasteiger partial charge in [-0.15, -0.1) is 0 Å². The van der Waals surface area contributed by atoms with Gasteiger partial charge in [-0.2, -0.15) is 0 Å². The van der Waals surface area contributed by atoms with E-state index in [0.29, 0.717) is 0 Å². The maximum Gasteiger partial charge on any atom is 0.0379 e. The van der Waals surface area contributed by atoms with Crippen molar-refractivity contribution in [2.24, 2.45) is 0 Å². The van der Waals surface area contributed by atoms with E-state index in [1.807, 2.05) is 24.4 Å². The van der Waals surface area contributed by atoms with Gasteiger partial charge in [0.25, 0.3) is 0 Å². The van der Waals surface area contributed by atoms with Crippen molar-refractivity contribution < 1.29 is 0 Å². The number of rotatable bonds is 4. The fourth-order valence-corrected chi connectivity index (χ4v) is 6.86. The predicted molar refractivity (Wildman–Crippen MR) is 116 cm³/mol. The third-order valence-corrected chi connectivity index (χ3v) is 9.44. The molecule has 0 bridgehead atoms. The van der Waals surface area contributed by atoms with Crippen molar-refractivity contribution in [3.8, 4) is 11.1 Å². The average Bonchev–Trinajstić information content (AvgIpc) is 2.75. The van der Waals surface area contributed by atoms with Crippen LogP contribution in [0.15, 0.2) is 109 Å². The highest BCUT2D eigenvalue weighted by molar-refractivity contribution is 8.25. The first-order valence-corrected chi connectivity index (χ1v) is 11.3. The number of pyridine rings is 1. The molecule has 1 nitrogen and oxygen atoms in total. The lowest BCUT2D eigenvalue weighted by Crippen LogP contribution is -2.24. The van der Waals surface area contributed by atoms with Crippen LogP contribution in [0.25, 0.3) is 11.1 Å². The van der Waals surface area contributed by atoms with Crippen LogP contribution >= 0.6 is 6.04 Å². The summed E-state index contributed by atoms with van der Waals surface area (Å²) in [5, 5.41) is 3.64. The van der Waals surface area contributed by atoms with Crippen molar-refractivity contribution in [2.75, 3.05) is 0 Å². The van der Waals surface area contributed by atoms with E-state index in [0.717, 1.165) is 11.1 Å². The summed E-state index contributed by atoms with van der Waals surface area (Å²) in [6.07, 6.45) is 3.68. The molecular formula is C23H18NPS. The van der Waals surface area contributed by atoms with E-state index >= 15 is 0 Å². The summed E-state index contributed by atoms with van der Waals surface area (Å²) < 4.78 is 0. The molecule has 0 aliphatic heterocycles. The van der Waals surface area contributed by atoms with E-state index in [1.165, 1.54) is 15.9 Å². The first-order valence-electron chi connectivity index (χ1n) is 8.51. The van der Waals surface area contributed by atoms with Gasteiger partial charge in [0.2, 0.25) is 0 Å². The van der Waals surface area contributed by atoms with Gasteiger partial charge in [0, 0.05) is 18.4 Å². The minimum atomic E-state index is -2.07. The van der Waals surface area contributed by atoms with E-state index in [1.54, 1.807) is 6.20 Å². The van der Waals surface area contributed by atoms with Gasteiger partial charge in [0.15, 0.2) is 0 Å². The average molecular weight is 371 g/mol. The highest BCUT2D eigenvalue weighted by Crippen LogP contribution is 2.42. The zero-order valence-corrected chi connectivity index (χ0v) is 15.9. The molecule has 0 aliphatic carbocycles. The van der Waals surface area contributed by atoms with Crippen LogP contribution < -0.4 is 15.9 Å². The number of hydrogen-bond donors (Lipinski definition) is 0. The van der Waals surface area contributed by atoms with E-state index < -0.39 is 6.04 Å². The van der Waals surface area contributed by atoms with Crippen LogP contribution in [0.2, 0.25) is 0 Å². The largest absolute Gasteiger partial charge is 0.264 e. The molecular weight excluding hydrogens is 353 g/mol. The Bertz CT molecular complexity index is 986. The van der Waals surface area contributed by atoms with Gasteiger partial charge in [0.05, 0.1) is 0 Å². The minimum absolute atomic E-state index is 1.12. The Morgan fingerprint density at radius 3 is 1.58 bits per heavy atom. The Labute approximate surface area is 159 Å². The van der Waals surface area contributed by atoms with E-state index in [2.05, 4.69) is 83.8 Å². The zero-order valence-electron chi connectivity index (χ0n) is 14.2. The predicted octanol–water partition coefficient (Wildman–Crippen LogP) is 4.50. The molecule has 0 aliphatic rings. The van der Waals surface area contributed by atoms with Crippen LogP contribution in [-0.4, -0.2) is 4.98 Å². The highest BCUT2D eigenvalue weighted by Gasteiger charge is 2.24. The summed E-state index contributed by atoms with van der Waals surface area (Å²) in [7, 11) is 0. The van der Waals surface area contributed by atoms with Crippen LogP contribution in [0.5, 0.6) is 0 Å². The first kappa shape index (κ1) is 16.9. The first-order chi connectivity index (χ1) is 12.8. The van der Waals surface area contributed by atoms with Crippen LogP contribution in [0.4, 0.5) is 0 Å². The summed E-state index contributed by atoms with van der Waals surface area (Å²) in [5.74, 6) is 0. The smallest absolute Gasteiger partial charge is 0.0379 e. The Morgan fingerprint density at radius 2 is 1.08 bits per heavy atom. The summed E-state index contributed by atoms with van der Waals surface area (Å²) in [6.45, 7) is 0. The summed E-state index contributed by atoms with van der Waals surface area (Å²) >= 11 is 6.36. The molecule has 3 heteroatoms. The van der Waals surface area contributed by atoms with Gasteiger partial charge in [0.1, 0.15) is 0 Å². The van der Waals surface area contributed by atoms with Crippen LogP contribution in [0, 0.1) is 0 Å². The molecule has 0 N–H and O–H groups in total. The third-order valence-electron chi connectivity index (χ3n) is 4.47. The second kappa shape index (κ2) is 7.37. The molecule has 1 aromatic heterocycles. The topological polar surface area (TPSA) is 12.9 Å². The van der Waals surface area contributed by atoms with Crippen LogP contribution in [0.3, 0.4) is 0 Å². The number of aromatic nitrogens is 1. The second-order valence-electron chi connectivity index (χ2n) is 6.07. The molecule has 0 radical (unpaired) electrons. The summed E-state index contributed by atoms with van der Waals surface area (Å²) in [4.78, 5) is 4.21. The molecule has 4 aromatic rings. The molecule has 126 valence electrons. The number of hydrogen-bond acceptors (Lipinski definition) is 2. The van der Waals surface area contributed by atoms with Gasteiger partial charge in [-0.1, -0.05) is 103 Å². The van der Waals surface area contributed by atoms with E-state index in [9.17, 15) is 0 Å². The van der Waals surface area contributed by atoms with E-state index in [4.69, 9.17) is 11.8 Å². The molecule has 4 rings (SSSR count). The van der Waals surface area contributed by atoms with Gasteiger partial charge in [-0.05, 0) is 33.1 Å². The standard InChI is InChI=1S/C23H18NPS/c26-25(21-9-3-1-4-10-21,22-11-5-2-6-12-22)23-15-13-19(14-16-23)20-8-7-17-24-18-20/h1-18H. The SMILES string of the molecule is S=P(c1ccccc1)(c1ccccc1)c1ccc(-c2cccnc2)cc1. The summed E-state index contributed by atoms with van der Waals surface area (Å²) in [6, 6.07) is 31.6. The van der Waals surface area contributed by atoms with Crippen molar-refractivity contribution in [1.82, 2.24) is 4.98 Å². The second-order valence-corrected chi connectivity index (χ2v) is 10.5. The maximum absolute atomic E-state index is 6.36. The molecule has 26 heavy (non-hydrogen) atoms. The lowest BCUT2D eigenvalue weighted by molar-refractivity contribution is 1.33. The molecule has 0 fully saturated rings. The number of benzene rings is 3. The molecule has 0 amide bonds. The van der Waals surface area contributed by atoms with Crippen LogP contribution in [0.1, 0.15) is 0 Å². The Balaban J connectivity index is 1.84. The Morgan fingerprint density at radius 1 is 0.538 bits per heavy atom. The molecule has 0 saturated carbocycles. The third kappa shape index (κ3) is 3.14. The maximum atomic E-state index is 6.36. The zero-order chi connectivity index (χ0) is 17.8. The molecule has 0 saturated heterocycles. The fraction of sp³-hybridized carbons (Fsp3) is 0. The van der Waals surface area contributed by atoms with Crippen molar-refractivity contribution in [1.29, 1.82) is 0 Å². The van der Waals surface area contributed by atoms with Crippen molar-refractivity contribution in [3.63, 3.8) is 0 Å². The fourth-order valence-electron chi connectivity index (χ4n) is 3.12. The van der Waals surface area contributed by atoms with Crippen LogP contribution in [-0.2, 0) is 11.8 Å². The molecule has 1 heterocycles. The lowest BCUT2D eigenvalue weighted by atomic mass is 10.1. The minimum Gasteiger partial charge on any atom is -0.264 e. The van der Waals surface area contributed by atoms with Crippen molar-refractivity contribution >= 4 is 33.8 Å². The molecule has 3 aromatic carbocycles. The monoisotopic (exact) mass is 371 g/mol. The Hall–Kier alpha value is -2.54. The highest BCUT2D eigenvalue weighted by atomic mass is 32.4. The van der Waals surface area contributed by atoms with Gasteiger partial charge < -0.3 is 0 Å². The van der Waals surface area contributed by atoms with Crippen molar-refractivity contribution in [3.05, 3.63) is 109 Å². The lowest BCUT2D eigenvalue weighted by Gasteiger charge is -2.24. The quantitative estimate of drug-likeness (QED) is 0.490. The molecule has 0 spiro atoms. The summed E-state index contributed by atoms with van der Waals surface area (Å²) in [5.41, 5.74) is 2.27. The van der Waals surface area contributed by atoms with E-state index in [-0.39, 0.29) is 0 Å². The van der Waals surface area contributed by atoms with Crippen molar-refractivity contribution in [2.45, 2.75) is 0 Å². The van der Waals surface area contributed by atoms with Gasteiger partial charge in [-0.25, -0.2) is 0 Å².